The molecule has 0 radical (unpaired) electrons. The van der Waals surface area contributed by atoms with Crippen molar-refractivity contribution < 1.29 is 24.2 Å². The summed E-state index contributed by atoms with van der Waals surface area (Å²) in [5, 5.41) is 10.2. The fourth-order valence-electron chi connectivity index (χ4n) is 3.84. The third kappa shape index (κ3) is 9.48. The van der Waals surface area contributed by atoms with Crippen LogP contribution in [0.5, 0.6) is 0 Å². The molecule has 1 aliphatic rings. The SMILES string of the molecule is Nc1ccn([C@H]2C[C@H](O)[C@@H](COC(=O)CCCCCCCCCCCCC=O)O2)c(=O)n1. The Morgan fingerprint density at radius 2 is 1.78 bits per heavy atom. The smallest absolute Gasteiger partial charge is 0.351 e. The van der Waals surface area contributed by atoms with Gasteiger partial charge in [0.05, 0.1) is 6.10 Å². The van der Waals surface area contributed by atoms with Crippen LogP contribution < -0.4 is 11.4 Å². The van der Waals surface area contributed by atoms with Crippen LogP contribution in [-0.4, -0.2) is 45.7 Å². The van der Waals surface area contributed by atoms with Gasteiger partial charge in [-0.1, -0.05) is 51.4 Å². The maximum Gasteiger partial charge on any atom is 0.351 e. The fourth-order valence-corrected chi connectivity index (χ4v) is 3.84. The number of esters is 1. The zero-order chi connectivity index (χ0) is 23.2. The van der Waals surface area contributed by atoms with Gasteiger partial charge in [-0.25, -0.2) is 4.79 Å². The van der Waals surface area contributed by atoms with Crippen LogP contribution in [0.25, 0.3) is 0 Å². The number of unbranched alkanes of at least 4 members (excludes halogenated alkanes) is 10. The Morgan fingerprint density at radius 3 is 2.41 bits per heavy atom. The summed E-state index contributed by atoms with van der Waals surface area (Å²) in [6, 6.07) is 1.49. The van der Waals surface area contributed by atoms with Crippen LogP contribution in [0.2, 0.25) is 0 Å². The molecule has 2 rings (SSSR count). The van der Waals surface area contributed by atoms with Crippen molar-refractivity contribution >= 4 is 18.1 Å². The van der Waals surface area contributed by atoms with E-state index < -0.39 is 24.1 Å². The summed E-state index contributed by atoms with van der Waals surface area (Å²) in [6.45, 7) is -0.0412. The van der Waals surface area contributed by atoms with E-state index in [2.05, 4.69) is 4.98 Å². The van der Waals surface area contributed by atoms with E-state index >= 15 is 0 Å². The lowest BCUT2D eigenvalue weighted by molar-refractivity contribution is -0.150. The van der Waals surface area contributed by atoms with Crippen molar-refractivity contribution in [1.29, 1.82) is 0 Å². The van der Waals surface area contributed by atoms with Gasteiger partial charge in [-0.3, -0.25) is 9.36 Å². The number of aliphatic hydroxyl groups excluding tert-OH is 1. The Kier molecular flexibility index (Phi) is 12.0. The maximum atomic E-state index is 12.0. The highest BCUT2D eigenvalue weighted by Crippen LogP contribution is 2.28. The number of hydrogen-bond donors (Lipinski definition) is 2. The highest BCUT2D eigenvalue weighted by molar-refractivity contribution is 5.69. The molecule has 1 aromatic heterocycles. The van der Waals surface area contributed by atoms with Crippen LogP contribution in [0.4, 0.5) is 5.82 Å². The van der Waals surface area contributed by atoms with Gasteiger partial charge in [-0.15, -0.1) is 0 Å². The lowest BCUT2D eigenvalue weighted by Crippen LogP contribution is -2.29. The number of aliphatic hydroxyl groups is 1. The second-order valence-electron chi connectivity index (χ2n) is 8.40. The standard InChI is InChI=1S/C23H37N3O6/c24-20-13-14-26(23(30)25-20)21-16-18(28)19(32-21)17-31-22(29)12-10-8-6-4-2-1-3-5-7-9-11-15-27/h13-15,18-19,21,28H,1-12,16-17H2,(H2,24,25,30)/t18-,19+,21+/m0/s1. The normalized spacial score (nSPS) is 20.3. The van der Waals surface area contributed by atoms with Crippen LogP contribution >= 0.6 is 0 Å². The molecule has 1 aromatic rings. The highest BCUT2D eigenvalue weighted by Gasteiger charge is 2.36. The summed E-state index contributed by atoms with van der Waals surface area (Å²) in [4.78, 5) is 37.8. The van der Waals surface area contributed by atoms with E-state index in [-0.39, 0.29) is 24.8 Å². The van der Waals surface area contributed by atoms with Gasteiger partial charge in [0.25, 0.3) is 0 Å². The van der Waals surface area contributed by atoms with Gasteiger partial charge >= 0.3 is 11.7 Å². The molecule has 0 spiro atoms. The number of hydrogen-bond acceptors (Lipinski definition) is 8. The number of ether oxygens (including phenoxy) is 2. The number of nitrogens with two attached hydrogens (primary N) is 1. The van der Waals surface area contributed by atoms with E-state index in [0.29, 0.717) is 12.8 Å². The average Bonchev–Trinajstić information content (AvgIpc) is 3.13. The summed E-state index contributed by atoms with van der Waals surface area (Å²) < 4.78 is 12.2. The Bertz CT molecular complexity index is 753. The van der Waals surface area contributed by atoms with Crippen LogP contribution in [0.3, 0.4) is 0 Å². The quantitative estimate of drug-likeness (QED) is 0.223. The molecule has 0 aliphatic carbocycles. The third-order valence-corrected chi connectivity index (χ3v) is 5.73. The van der Waals surface area contributed by atoms with E-state index in [4.69, 9.17) is 15.2 Å². The molecule has 1 saturated heterocycles. The molecule has 0 amide bonds. The number of rotatable bonds is 16. The number of nitrogen functional groups attached to an aromatic ring is 1. The number of aromatic nitrogens is 2. The minimum absolute atomic E-state index is 0.0412. The van der Waals surface area contributed by atoms with Crippen LogP contribution in [0.15, 0.2) is 17.1 Å². The van der Waals surface area contributed by atoms with Crippen LogP contribution in [0, 0.1) is 0 Å². The first kappa shape index (κ1) is 26.0. The van der Waals surface area contributed by atoms with Gasteiger partial charge in [0.2, 0.25) is 0 Å². The molecule has 2 heterocycles. The van der Waals surface area contributed by atoms with Crippen molar-refractivity contribution in [3.05, 3.63) is 22.7 Å². The zero-order valence-corrected chi connectivity index (χ0v) is 18.8. The predicted molar refractivity (Wildman–Crippen MR) is 120 cm³/mol. The van der Waals surface area contributed by atoms with E-state index in [9.17, 15) is 19.5 Å². The van der Waals surface area contributed by atoms with Gasteiger partial charge in [0.1, 0.15) is 31.0 Å². The van der Waals surface area contributed by atoms with Crippen molar-refractivity contribution in [3.63, 3.8) is 0 Å². The summed E-state index contributed by atoms with van der Waals surface area (Å²) in [6.07, 6.45) is 12.6. The minimum atomic E-state index is -0.831. The molecule has 3 atom stereocenters. The second kappa shape index (κ2) is 14.7. The molecular formula is C23H37N3O6. The average molecular weight is 452 g/mol. The van der Waals surface area contributed by atoms with Gasteiger partial charge in [-0.2, -0.15) is 4.98 Å². The van der Waals surface area contributed by atoms with Crippen molar-refractivity contribution in [2.24, 2.45) is 0 Å². The van der Waals surface area contributed by atoms with Crippen molar-refractivity contribution in [3.8, 4) is 0 Å². The first-order valence-corrected chi connectivity index (χ1v) is 11.8. The Morgan fingerprint density at radius 1 is 1.16 bits per heavy atom. The highest BCUT2D eigenvalue weighted by atomic mass is 16.6. The van der Waals surface area contributed by atoms with Gasteiger partial charge in [-0.05, 0) is 18.9 Å². The fraction of sp³-hybridized carbons (Fsp3) is 0.739. The molecule has 3 N–H and O–H groups in total. The predicted octanol–water partition coefficient (Wildman–Crippen LogP) is 2.90. The van der Waals surface area contributed by atoms with E-state index in [0.717, 1.165) is 38.4 Å². The molecule has 0 unspecified atom stereocenters. The molecule has 1 fully saturated rings. The first-order valence-electron chi connectivity index (χ1n) is 11.8. The van der Waals surface area contributed by atoms with Gasteiger partial charge in [0, 0.05) is 25.5 Å². The second-order valence-corrected chi connectivity index (χ2v) is 8.40. The number of anilines is 1. The van der Waals surface area contributed by atoms with E-state index in [1.165, 1.54) is 48.9 Å². The number of nitrogens with zero attached hydrogens (tertiary/aromatic N) is 2. The zero-order valence-electron chi connectivity index (χ0n) is 18.8. The summed E-state index contributed by atoms with van der Waals surface area (Å²) >= 11 is 0. The molecule has 180 valence electrons. The first-order chi connectivity index (χ1) is 15.5. The third-order valence-electron chi connectivity index (χ3n) is 5.73. The summed E-state index contributed by atoms with van der Waals surface area (Å²) in [5.41, 5.74) is 4.94. The monoisotopic (exact) mass is 451 g/mol. The van der Waals surface area contributed by atoms with Crippen LogP contribution in [-0.2, 0) is 19.1 Å². The van der Waals surface area contributed by atoms with Crippen LogP contribution in [0.1, 0.15) is 89.7 Å². The Balaban J connectivity index is 1.50. The van der Waals surface area contributed by atoms with E-state index in [1.807, 2.05) is 0 Å². The molecule has 0 aromatic carbocycles. The Labute approximate surface area is 189 Å². The van der Waals surface area contributed by atoms with Crippen molar-refractivity contribution in [2.75, 3.05) is 12.3 Å². The molecule has 0 bridgehead atoms. The van der Waals surface area contributed by atoms with Gasteiger partial charge < -0.3 is 25.1 Å². The summed E-state index contributed by atoms with van der Waals surface area (Å²) in [5.74, 6) is -0.177. The lowest BCUT2D eigenvalue weighted by atomic mass is 10.1. The topological polar surface area (TPSA) is 134 Å². The lowest BCUT2D eigenvalue weighted by Gasteiger charge is -2.16. The van der Waals surface area contributed by atoms with Crippen molar-refractivity contribution in [1.82, 2.24) is 9.55 Å². The maximum absolute atomic E-state index is 12.0. The molecular weight excluding hydrogens is 414 g/mol. The molecule has 1 aliphatic heterocycles. The number of carbonyl (C=O) groups excluding carboxylic acids is 2. The molecule has 9 nitrogen and oxygen atoms in total. The largest absolute Gasteiger partial charge is 0.463 e. The Hall–Kier alpha value is -2.26. The van der Waals surface area contributed by atoms with Gasteiger partial charge in [0.15, 0.2) is 0 Å². The molecule has 32 heavy (non-hydrogen) atoms. The van der Waals surface area contributed by atoms with Crippen molar-refractivity contribution in [2.45, 2.75) is 102 Å². The number of carbonyl (C=O) groups is 2. The molecule has 9 heteroatoms. The number of aldehydes is 1. The summed E-state index contributed by atoms with van der Waals surface area (Å²) in [7, 11) is 0. The minimum Gasteiger partial charge on any atom is -0.463 e. The molecule has 0 saturated carbocycles. The van der Waals surface area contributed by atoms with E-state index in [1.54, 1.807) is 0 Å².